The zero-order valence-electron chi connectivity index (χ0n) is 11.4. The molecule has 106 valence electrons. The van der Waals surface area contributed by atoms with E-state index in [-0.39, 0.29) is 11.8 Å². The molecule has 0 saturated carbocycles. The lowest BCUT2D eigenvalue weighted by molar-refractivity contribution is 0.0603. The summed E-state index contributed by atoms with van der Waals surface area (Å²) in [5.74, 6) is -0.653. The van der Waals surface area contributed by atoms with Crippen LogP contribution in [-0.2, 0) is 11.3 Å². The van der Waals surface area contributed by atoms with Crippen LogP contribution < -0.4 is 0 Å². The van der Waals surface area contributed by atoms with Gasteiger partial charge in [-0.3, -0.25) is 4.68 Å². The molecule has 0 fully saturated rings. The Hall–Kier alpha value is -2.69. The molecule has 0 N–H and O–H groups in total. The first-order valence-corrected chi connectivity index (χ1v) is 6.46. The van der Waals surface area contributed by atoms with E-state index >= 15 is 0 Å². The van der Waals surface area contributed by atoms with E-state index in [1.54, 1.807) is 35.1 Å². The van der Waals surface area contributed by atoms with Gasteiger partial charge in [-0.1, -0.05) is 18.2 Å². The molecular formula is C16H13FN2O2. The van der Waals surface area contributed by atoms with Crippen LogP contribution in [0.3, 0.4) is 0 Å². The Morgan fingerprint density at radius 3 is 2.71 bits per heavy atom. The topological polar surface area (TPSA) is 44.1 Å². The Bertz CT molecular complexity index is 794. The van der Waals surface area contributed by atoms with Crippen LogP contribution in [0.15, 0.2) is 48.7 Å². The van der Waals surface area contributed by atoms with E-state index in [0.29, 0.717) is 12.1 Å². The highest BCUT2D eigenvalue weighted by atomic mass is 19.1. The summed E-state index contributed by atoms with van der Waals surface area (Å²) in [6.07, 6.45) is 1.80. The highest BCUT2D eigenvalue weighted by Gasteiger charge is 2.12. The van der Waals surface area contributed by atoms with Crippen molar-refractivity contribution in [3.63, 3.8) is 0 Å². The van der Waals surface area contributed by atoms with E-state index in [4.69, 9.17) is 4.74 Å². The average Bonchev–Trinajstić information content (AvgIpc) is 2.91. The molecule has 2 aromatic carbocycles. The average molecular weight is 284 g/mol. The van der Waals surface area contributed by atoms with Crippen molar-refractivity contribution in [1.82, 2.24) is 9.78 Å². The molecule has 1 heterocycles. The van der Waals surface area contributed by atoms with Gasteiger partial charge in [-0.25, -0.2) is 9.18 Å². The SMILES string of the molecule is COC(=O)c1cccc2nn(Cc3ccc(F)cc3)cc12. The number of halogens is 1. The van der Waals surface area contributed by atoms with Crippen LogP contribution in [0.1, 0.15) is 15.9 Å². The lowest BCUT2D eigenvalue weighted by Gasteiger charge is -2.01. The highest BCUT2D eigenvalue weighted by Crippen LogP contribution is 2.19. The molecule has 5 heteroatoms. The summed E-state index contributed by atoms with van der Waals surface area (Å²) >= 11 is 0. The highest BCUT2D eigenvalue weighted by molar-refractivity contribution is 6.03. The van der Waals surface area contributed by atoms with Gasteiger partial charge in [0.15, 0.2) is 0 Å². The van der Waals surface area contributed by atoms with E-state index in [2.05, 4.69) is 5.10 Å². The number of hydrogen-bond acceptors (Lipinski definition) is 3. The third kappa shape index (κ3) is 2.63. The van der Waals surface area contributed by atoms with Crippen molar-refractivity contribution in [3.8, 4) is 0 Å². The molecule has 3 aromatic rings. The van der Waals surface area contributed by atoms with Crippen LogP contribution in [0.2, 0.25) is 0 Å². The number of methoxy groups -OCH3 is 1. The molecule has 0 radical (unpaired) electrons. The molecule has 0 bridgehead atoms. The molecule has 0 unspecified atom stereocenters. The van der Waals surface area contributed by atoms with Crippen LogP contribution in [0.25, 0.3) is 10.9 Å². The smallest absolute Gasteiger partial charge is 0.338 e. The fourth-order valence-corrected chi connectivity index (χ4v) is 2.24. The summed E-state index contributed by atoms with van der Waals surface area (Å²) in [5, 5.41) is 5.17. The maximum Gasteiger partial charge on any atom is 0.338 e. The van der Waals surface area contributed by atoms with Crippen LogP contribution in [0.5, 0.6) is 0 Å². The first-order chi connectivity index (χ1) is 10.2. The lowest BCUT2D eigenvalue weighted by atomic mass is 10.1. The molecule has 0 aliphatic carbocycles. The van der Waals surface area contributed by atoms with Crippen molar-refractivity contribution in [1.29, 1.82) is 0 Å². The minimum atomic E-state index is -0.387. The molecule has 0 spiro atoms. The molecule has 0 saturated heterocycles. The summed E-state index contributed by atoms with van der Waals surface area (Å²) in [6.45, 7) is 0.509. The number of nitrogens with zero attached hydrogens (tertiary/aromatic N) is 2. The number of fused-ring (bicyclic) bond motifs is 1. The van der Waals surface area contributed by atoms with Crippen molar-refractivity contribution in [2.75, 3.05) is 7.11 Å². The Morgan fingerprint density at radius 1 is 1.24 bits per heavy atom. The Labute approximate surface area is 120 Å². The predicted octanol–water partition coefficient (Wildman–Crippen LogP) is 3.01. The maximum atomic E-state index is 12.9. The number of carbonyl (C=O) groups is 1. The number of esters is 1. The molecule has 3 rings (SSSR count). The molecule has 0 aliphatic rings. The zero-order chi connectivity index (χ0) is 14.8. The van der Waals surface area contributed by atoms with Crippen molar-refractivity contribution in [2.45, 2.75) is 6.54 Å². The van der Waals surface area contributed by atoms with E-state index < -0.39 is 0 Å². The van der Waals surface area contributed by atoms with Gasteiger partial charge in [-0.15, -0.1) is 0 Å². The van der Waals surface area contributed by atoms with Crippen LogP contribution in [-0.4, -0.2) is 22.9 Å². The minimum Gasteiger partial charge on any atom is -0.465 e. The molecule has 1 aromatic heterocycles. The quantitative estimate of drug-likeness (QED) is 0.694. The van der Waals surface area contributed by atoms with E-state index in [1.807, 2.05) is 6.07 Å². The van der Waals surface area contributed by atoms with Gasteiger partial charge in [-0.2, -0.15) is 5.10 Å². The number of hydrogen-bond donors (Lipinski definition) is 0. The first kappa shape index (κ1) is 13.3. The van der Waals surface area contributed by atoms with Gasteiger partial charge in [0, 0.05) is 11.6 Å². The Morgan fingerprint density at radius 2 is 2.00 bits per heavy atom. The summed E-state index contributed by atoms with van der Waals surface area (Å²) < 4.78 is 19.4. The van der Waals surface area contributed by atoms with Crippen molar-refractivity contribution in [2.24, 2.45) is 0 Å². The number of rotatable bonds is 3. The van der Waals surface area contributed by atoms with Gasteiger partial charge in [0.1, 0.15) is 5.82 Å². The van der Waals surface area contributed by atoms with Crippen LogP contribution in [0.4, 0.5) is 4.39 Å². The monoisotopic (exact) mass is 284 g/mol. The molecular weight excluding hydrogens is 271 g/mol. The second kappa shape index (κ2) is 5.36. The van der Waals surface area contributed by atoms with Crippen LogP contribution in [0, 0.1) is 5.82 Å². The van der Waals surface area contributed by atoms with Gasteiger partial charge in [0.05, 0.1) is 24.7 Å². The molecule has 0 amide bonds. The zero-order valence-corrected chi connectivity index (χ0v) is 11.4. The third-order valence-corrected chi connectivity index (χ3v) is 3.26. The fourth-order valence-electron chi connectivity index (χ4n) is 2.24. The second-order valence-corrected chi connectivity index (χ2v) is 4.68. The summed E-state index contributed by atoms with van der Waals surface area (Å²) in [6, 6.07) is 11.6. The summed E-state index contributed by atoms with van der Waals surface area (Å²) in [5.41, 5.74) is 2.14. The number of ether oxygens (including phenoxy) is 1. The normalized spacial score (nSPS) is 10.8. The first-order valence-electron chi connectivity index (χ1n) is 6.46. The Balaban J connectivity index is 1.97. The van der Waals surface area contributed by atoms with Gasteiger partial charge in [0.2, 0.25) is 0 Å². The summed E-state index contributed by atoms with van der Waals surface area (Å²) in [7, 11) is 1.35. The second-order valence-electron chi connectivity index (χ2n) is 4.68. The lowest BCUT2D eigenvalue weighted by Crippen LogP contribution is -2.01. The van der Waals surface area contributed by atoms with Crippen LogP contribution >= 0.6 is 0 Å². The minimum absolute atomic E-state index is 0.266. The number of carbonyl (C=O) groups excluding carboxylic acids is 1. The molecule has 21 heavy (non-hydrogen) atoms. The standard InChI is InChI=1S/C16H13FN2O2/c1-21-16(20)13-3-2-4-15-14(13)10-19(18-15)9-11-5-7-12(17)8-6-11/h2-8,10H,9H2,1H3. The Kier molecular flexibility index (Phi) is 3.39. The van der Waals surface area contributed by atoms with Crippen molar-refractivity contribution < 1.29 is 13.9 Å². The van der Waals surface area contributed by atoms with E-state index in [1.165, 1.54) is 19.2 Å². The van der Waals surface area contributed by atoms with Gasteiger partial charge in [0.25, 0.3) is 0 Å². The fraction of sp³-hybridized carbons (Fsp3) is 0.125. The van der Waals surface area contributed by atoms with Gasteiger partial charge >= 0.3 is 5.97 Å². The van der Waals surface area contributed by atoms with E-state index in [9.17, 15) is 9.18 Å². The summed E-state index contributed by atoms with van der Waals surface area (Å²) in [4.78, 5) is 11.7. The van der Waals surface area contributed by atoms with Gasteiger partial charge in [-0.05, 0) is 29.8 Å². The molecule has 0 atom stereocenters. The predicted molar refractivity (Wildman–Crippen MR) is 76.6 cm³/mol. The number of benzene rings is 2. The molecule has 0 aliphatic heterocycles. The largest absolute Gasteiger partial charge is 0.465 e. The third-order valence-electron chi connectivity index (χ3n) is 3.26. The van der Waals surface area contributed by atoms with E-state index in [0.717, 1.165) is 16.5 Å². The van der Waals surface area contributed by atoms with Crippen molar-refractivity contribution in [3.05, 3.63) is 65.6 Å². The molecule has 4 nitrogen and oxygen atoms in total. The number of aromatic nitrogens is 2. The van der Waals surface area contributed by atoms with Crippen molar-refractivity contribution >= 4 is 16.9 Å². The van der Waals surface area contributed by atoms with Gasteiger partial charge < -0.3 is 4.74 Å². The maximum absolute atomic E-state index is 12.9.